The molecule has 0 saturated carbocycles. The maximum atomic E-state index is 6.61. The summed E-state index contributed by atoms with van der Waals surface area (Å²) in [7, 11) is 0. The highest BCUT2D eigenvalue weighted by Crippen LogP contribution is 2.61. The molecule has 0 radical (unpaired) electrons. The smallest absolute Gasteiger partial charge is 0.132 e. The van der Waals surface area contributed by atoms with Crippen LogP contribution in [0.1, 0.15) is 47.2 Å². The molecule has 0 bridgehead atoms. The number of pyridine rings is 3. The molecule has 4 heteroatoms. The van der Waals surface area contributed by atoms with Crippen LogP contribution in [0.4, 0.5) is 0 Å². The van der Waals surface area contributed by atoms with Crippen molar-refractivity contribution in [3.63, 3.8) is 0 Å². The average Bonchev–Trinajstić information content (AvgIpc) is 3.14. The summed E-state index contributed by atoms with van der Waals surface area (Å²) in [5.41, 5.74) is 12.1. The van der Waals surface area contributed by atoms with Gasteiger partial charge in [-0.05, 0) is 88.0 Å². The van der Waals surface area contributed by atoms with Crippen molar-refractivity contribution >= 4 is 0 Å². The Balaban J connectivity index is 1.37. The van der Waals surface area contributed by atoms with Crippen LogP contribution in [0.25, 0.3) is 33.9 Å². The van der Waals surface area contributed by atoms with E-state index >= 15 is 0 Å². The van der Waals surface area contributed by atoms with Gasteiger partial charge in [-0.15, -0.1) is 0 Å². The quantitative estimate of drug-likeness (QED) is 0.201. The van der Waals surface area contributed by atoms with Gasteiger partial charge in [-0.3, -0.25) is 9.97 Å². The number of ether oxygens (including phenoxy) is 1. The van der Waals surface area contributed by atoms with Gasteiger partial charge in [0.2, 0.25) is 0 Å². The van der Waals surface area contributed by atoms with E-state index in [1.807, 2.05) is 48.8 Å². The van der Waals surface area contributed by atoms with E-state index in [4.69, 9.17) is 9.72 Å². The van der Waals surface area contributed by atoms with Gasteiger partial charge >= 0.3 is 0 Å². The van der Waals surface area contributed by atoms with Gasteiger partial charge in [-0.2, -0.15) is 0 Å². The van der Waals surface area contributed by atoms with E-state index in [1.54, 1.807) is 0 Å². The van der Waals surface area contributed by atoms with Crippen LogP contribution in [-0.4, -0.2) is 15.0 Å². The summed E-state index contributed by atoms with van der Waals surface area (Å²) < 4.78 is 6.61. The van der Waals surface area contributed by atoms with Crippen molar-refractivity contribution < 1.29 is 4.74 Å². The van der Waals surface area contributed by atoms with Gasteiger partial charge < -0.3 is 4.74 Å². The van der Waals surface area contributed by atoms with Gasteiger partial charge in [-0.1, -0.05) is 98.8 Å². The lowest BCUT2D eigenvalue weighted by Crippen LogP contribution is -2.43. The SMILES string of the molecule is CC1(C)c2ccccc2C2(c3ccccc3Oc3ccccc32)c2cc(-c3cc(-c4ccccn4)nc(-c4ccccn4)c3)ccc21. The van der Waals surface area contributed by atoms with Crippen LogP contribution < -0.4 is 4.74 Å². The van der Waals surface area contributed by atoms with Gasteiger partial charge in [0.25, 0.3) is 0 Å². The Hall–Kier alpha value is -5.87. The second kappa shape index (κ2) is 10.3. The van der Waals surface area contributed by atoms with E-state index in [9.17, 15) is 0 Å². The van der Waals surface area contributed by atoms with Crippen molar-refractivity contribution in [1.82, 2.24) is 15.0 Å². The maximum absolute atomic E-state index is 6.61. The minimum atomic E-state index is -0.580. The molecular weight excluding hydrogens is 574 g/mol. The van der Waals surface area contributed by atoms with Crippen LogP contribution >= 0.6 is 0 Å². The van der Waals surface area contributed by atoms with Gasteiger partial charge in [0.1, 0.15) is 11.5 Å². The molecule has 224 valence electrons. The number of aromatic nitrogens is 3. The molecule has 0 saturated heterocycles. The molecule has 7 aromatic rings. The third kappa shape index (κ3) is 4.04. The number of fused-ring (bicyclic) bond motifs is 8. The first-order valence-electron chi connectivity index (χ1n) is 16.0. The van der Waals surface area contributed by atoms with Crippen LogP contribution in [0.15, 0.2) is 152 Å². The number of hydrogen-bond donors (Lipinski definition) is 0. The Kier molecular flexibility index (Phi) is 6.03. The Bertz CT molecular complexity index is 2210. The van der Waals surface area contributed by atoms with Crippen molar-refractivity contribution in [2.24, 2.45) is 0 Å². The summed E-state index contributed by atoms with van der Waals surface area (Å²) in [4.78, 5) is 14.3. The Morgan fingerprint density at radius 2 is 0.936 bits per heavy atom. The second-order valence-corrected chi connectivity index (χ2v) is 12.8. The molecular formula is C43H31N3O. The van der Waals surface area contributed by atoms with Crippen molar-refractivity contribution in [3.05, 3.63) is 185 Å². The molecule has 0 N–H and O–H groups in total. The number of rotatable bonds is 3. The molecule has 4 nitrogen and oxygen atoms in total. The molecule has 0 unspecified atom stereocenters. The number of nitrogens with zero attached hydrogens (tertiary/aromatic N) is 3. The molecule has 0 atom stereocenters. The zero-order chi connectivity index (χ0) is 31.6. The van der Waals surface area contributed by atoms with Crippen molar-refractivity contribution in [1.29, 1.82) is 0 Å². The molecule has 2 aliphatic rings. The summed E-state index contributed by atoms with van der Waals surface area (Å²) in [5.74, 6) is 1.77. The fraction of sp³-hybridized carbons (Fsp3) is 0.0930. The number of para-hydroxylation sites is 2. The largest absolute Gasteiger partial charge is 0.457 e. The normalized spacial score (nSPS) is 14.7. The lowest BCUT2D eigenvalue weighted by molar-refractivity contribution is 0.425. The van der Waals surface area contributed by atoms with Crippen LogP contribution in [-0.2, 0) is 10.8 Å². The fourth-order valence-corrected chi connectivity index (χ4v) is 7.79. The average molecular weight is 606 g/mol. The number of benzene rings is 4. The number of hydrogen-bond acceptors (Lipinski definition) is 4. The minimum Gasteiger partial charge on any atom is -0.457 e. The lowest BCUT2D eigenvalue weighted by Gasteiger charge is -2.50. The summed E-state index contributed by atoms with van der Waals surface area (Å²) in [6, 6.07) is 49.2. The highest BCUT2D eigenvalue weighted by molar-refractivity contribution is 5.80. The highest BCUT2D eigenvalue weighted by atomic mass is 16.5. The molecule has 4 heterocycles. The molecule has 1 aliphatic heterocycles. The standard InChI is InChI=1S/C43H31N3O/c1-42(2)30-13-3-4-14-32(30)43(33-15-5-7-19-40(33)47-41-20-8-6-16-34(41)43)35-25-28(21-22-31(35)42)29-26-38(36-17-9-11-23-44-36)46-39(27-29)37-18-10-12-24-45-37/h3-27H,1-2H3. The van der Waals surface area contributed by atoms with E-state index in [2.05, 4.69) is 127 Å². The van der Waals surface area contributed by atoms with Crippen molar-refractivity contribution in [2.45, 2.75) is 24.7 Å². The fourth-order valence-electron chi connectivity index (χ4n) is 7.79. The Morgan fingerprint density at radius 1 is 0.426 bits per heavy atom. The van der Waals surface area contributed by atoms with E-state index in [0.717, 1.165) is 56.5 Å². The first-order chi connectivity index (χ1) is 23.0. The topological polar surface area (TPSA) is 47.9 Å². The lowest BCUT2D eigenvalue weighted by atomic mass is 9.53. The first-order valence-corrected chi connectivity index (χ1v) is 16.0. The van der Waals surface area contributed by atoms with Crippen molar-refractivity contribution in [2.75, 3.05) is 0 Å². The van der Waals surface area contributed by atoms with Crippen LogP contribution in [0.5, 0.6) is 11.5 Å². The molecule has 0 fully saturated rings. The van der Waals surface area contributed by atoms with Crippen LogP contribution in [0, 0.1) is 0 Å². The summed E-state index contributed by atoms with van der Waals surface area (Å²) in [6.45, 7) is 4.69. The summed E-state index contributed by atoms with van der Waals surface area (Å²) in [5, 5.41) is 0. The van der Waals surface area contributed by atoms with E-state index in [0.29, 0.717) is 0 Å². The van der Waals surface area contributed by atoms with Crippen molar-refractivity contribution in [3.8, 4) is 45.4 Å². The molecule has 47 heavy (non-hydrogen) atoms. The van der Waals surface area contributed by atoms with Gasteiger partial charge in [0.15, 0.2) is 0 Å². The summed E-state index contributed by atoms with van der Waals surface area (Å²) >= 11 is 0. The predicted octanol–water partition coefficient (Wildman–Crippen LogP) is 10.0. The molecule has 1 aliphatic carbocycles. The Morgan fingerprint density at radius 3 is 1.51 bits per heavy atom. The van der Waals surface area contributed by atoms with E-state index in [-0.39, 0.29) is 5.41 Å². The zero-order valence-electron chi connectivity index (χ0n) is 26.2. The zero-order valence-corrected chi connectivity index (χ0v) is 26.2. The summed E-state index contributed by atoms with van der Waals surface area (Å²) in [6.07, 6.45) is 3.62. The Labute approximate surface area is 274 Å². The molecule has 9 rings (SSSR count). The molecule has 0 amide bonds. The van der Waals surface area contributed by atoms with Gasteiger partial charge in [0.05, 0.1) is 28.2 Å². The molecule has 4 aromatic carbocycles. The molecule has 1 spiro atoms. The minimum absolute atomic E-state index is 0.228. The van der Waals surface area contributed by atoms with Crippen LogP contribution in [0.3, 0.4) is 0 Å². The van der Waals surface area contributed by atoms with E-state index in [1.165, 1.54) is 22.3 Å². The maximum Gasteiger partial charge on any atom is 0.132 e. The molecule has 3 aromatic heterocycles. The first kappa shape index (κ1) is 27.4. The third-order valence-electron chi connectivity index (χ3n) is 9.92. The highest BCUT2D eigenvalue weighted by Gasteiger charge is 2.52. The van der Waals surface area contributed by atoms with Gasteiger partial charge in [-0.25, -0.2) is 4.98 Å². The second-order valence-electron chi connectivity index (χ2n) is 12.8. The monoisotopic (exact) mass is 605 g/mol. The van der Waals surface area contributed by atoms with Gasteiger partial charge in [0, 0.05) is 28.9 Å². The third-order valence-corrected chi connectivity index (χ3v) is 9.92. The van der Waals surface area contributed by atoms with Crippen LogP contribution in [0.2, 0.25) is 0 Å². The van der Waals surface area contributed by atoms with E-state index < -0.39 is 5.41 Å². The predicted molar refractivity (Wildman–Crippen MR) is 187 cm³/mol.